The summed E-state index contributed by atoms with van der Waals surface area (Å²) in [5.74, 6) is 0.880. The number of hydrogen-bond acceptors (Lipinski definition) is 4. The molecular formula is C18H26N4O2. The van der Waals surface area contributed by atoms with Crippen molar-refractivity contribution in [3.8, 4) is 0 Å². The van der Waals surface area contributed by atoms with Crippen LogP contribution in [0.3, 0.4) is 0 Å². The van der Waals surface area contributed by atoms with Crippen molar-refractivity contribution in [1.29, 1.82) is 0 Å². The van der Waals surface area contributed by atoms with E-state index in [0.29, 0.717) is 17.0 Å². The molecule has 24 heavy (non-hydrogen) atoms. The molecule has 3 heterocycles. The summed E-state index contributed by atoms with van der Waals surface area (Å²) in [5.41, 5.74) is 2.47. The van der Waals surface area contributed by atoms with Gasteiger partial charge in [-0.25, -0.2) is 0 Å². The Morgan fingerprint density at radius 1 is 1.38 bits per heavy atom. The van der Waals surface area contributed by atoms with Crippen molar-refractivity contribution in [3.63, 3.8) is 0 Å². The van der Waals surface area contributed by atoms with Crippen molar-refractivity contribution < 1.29 is 9.32 Å². The average Bonchev–Trinajstić information content (AvgIpc) is 3.13. The zero-order chi connectivity index (χ0) is 17.3. The van der Waals surface area contributed by atoms with E-state index in [1.165, 1.54) is 0 Å². The SMILES string of the molecule is Cc1cnn(C[C@H]2CCCCN2C(=O)c2c(C)noc2C(C)C)c1. The van der Waals surface area contributed by atoms with Crippen LogP contribution in [0.2, 0.25) is 0 Å². The second-order valence-corrected chi connectivity index (χ2v) is 7.05. The first kappa shape index (κ1) is 16.7. The van der Waals surface area contributed by atoms with E-state index in [2.05, 4.69) is 10.3 Å². The molecule has 1 atom stereocenters. The molecule has 1 aliphatic rings. The van der Waals surface area contributed by atoms with Gasteiger partial charge in [-0.15, -0.1) is 0 Å². The molecule has 0 aromatic carbocycles. The second kappa shape index (κ2) is 6.79. The molecule has 2 aromatic heterocycles. The quantitative estimate of drug-likeness (QED) is 0.863. The lowest BCUT2D eigenvalue weighted by Gasteiger charge is -2.35. The third-order valence-electron chi connectivity index (χ3n) is 4.68. The maximum absolute atomic E-state index is 13.2. The fourth-order valence-corrected chi connectivity index (χ4v) is 3.43. The van der Waals surface area contributed by atoms with E-state index in [9.17, 15) is 4.79 Å². The van der Waals surface area contributed by atoms with Crippen LogP contribution in [0.25, 0.3) is 0 Å². The Labute approximate surface area is 142 Å². The molecular weight excluding hydrogens is 304 g/mol. The molecule has 0 saturated carbocycles. The number of aromatic nitrogens is 3. The number of amides is 1. The Morgan fingerprint density at radius 3 is 2.83 bits per heavy atom. The number of carbonyl (C=O) groups is 1. The Hall–Kier alpha value is -2.11. The van der Waals surface area contributed by atoms with Gasteiger partial charge in [0.25, 0.3) is 5.91 Å². The van der Waals surface area contributed by atoms with Crippen molar-refractivity contribution in [1.82, 2.24) is 19.8 Å². The molecule has 0 spiro atoms. The molecule has 0 aliphatic carbocycles. The lowest BCUT2D eigenvalue weighted by atomic mass is 9.98. The summed E-state index contributed by atoms with van der Waals surface area (Å²) in [4.78, 5) is 15.2. The van der Waals surface area contributed by atoms with Gasteiger partial charge in [0.15, 0.2) is 5.76 Å². The molecule has 0 radical (unpaired) electrons. The maximum atomic E-state index is 13.2. The van der Waals surface area contributed by atoms with Crippen LogP contribution in [-0.4, -0.2) is 38.3 Å². The van der Waals surface area contributed by atoms with Gasteiger partial charge in [-0.05, 0) is 38.7 Å². The molecule has 1 fully saturated rings. The zero-order valence-electron chi connectivity index (χ0n) is 15.0. The molecule has 0 bridgehead atoms. The van der Waals surface area contributed by atoms with E-state index >= 15 is 0 Å². The number of carbonyl (C=O) groups excluding carboxylic acids is 1. The first-order valence-corrected chi connectivity index (χ1v) is 8.73. The highest BCUT2D eigenvalue weighted by Crippen LogP contribution is 2.27. The van der Waals surface area contributed by atoms with E-state index in [-0.39, 0.29) is 17.9 Å². The largest absolute Gasteiger partial charge is 0.360 e. The third kappa shape index (κ3) is 3.23. The molecule has 130 valence electrons. The Balaban J connectivity index is 1.85. The van der Waals surface area contributed by atoms with Gasteiger partial charge in [0.2, 0.25) is 0 Å². The van der Waals surface area contributed by atoms with Crippen LogP contribution in [0, 0.1) is 13.8 Å². The van der Waals surface area contributed by atoms with E-state index in [1.807, 2.05) is 49.7 Å². The first-order chi connectivity index (χ1) is 11.5. The van der Waals surface area contributed by atoms with Crippen LogP contribution in [-0.2, 0) is 6.54 Å². The highest BCUT2D eigenvalue weighted by molar-refractivity contribution is 5.96. The number of hydrogen-bond donors (Lipinski definition) is 0. The number of piperidine rings is 1. The number of aryl methyl sites for hydroxylation is 2. The summed E-state index contributed by atoms with van der Waals surface area (Å²) in [6.07, 6.45) is 7.08. The normalized spacial score (nSPS) is 18.4. The third-order valence-corrected chi connectivity index (χ3v) is 4.68. The molecule has 6 heteroatoms. The standard InChI is InChI=1S/C18H26N4O2/c1-12(2)17-16(14(4)20-24-17)18(23)22-8-6-5-7-15(22)11-21-10-13(3)9-19-21/h9-10,12,15H,5-8,11H2,1-4H3/t15-/m1/s1. The molecule has 0 unspecified atom stereocenters. The van der Waals surface area contributed by atoms with Crippen molar-refractivity contribution in [2.75, 3.05) is 6.54 Å². The predicted octanol–water partition coefficient (Wildman–Crippen LogP) is 3.31. The molecule has 3 rings (SSSR count). The predicted molar refractivity (Wildman–Crippen MR) is 91.0 cm³/mol. The van der Waals surface area contributed by atoms with Crippen molar-refractivity contribution >= 4 is 5.91 Å². The molecule has 1 aliphatic heterocycles. The van der Waals surface area contributed by atoms with Gasteiger partial charge in [-0.1, -0.05) is 19.0 Å². The van der Waals surface area contributed by atoms with Gasteiger partial charge >= 0.3 is 0 Å². The van der Waals surface area contributed by atoms with Crippen LogP contribution in [0.4, 0.5) is 0 Å². The van der Waals surface area contributed by atoms with Crippen LogP contribution in [0.5, 0.6) is 0 Å². The Morgan fingerprint density at radius 2 is 2.17 bits per heavy atom. The lowest BCUT2D eigenvalue weighted by Crippen LogP contribution is -2.46. The van der Waals surface area contributed by atoms with Gasteiger partial charge < -0.3 is 9.42 Å². The van der Waals surface area contributed by atoms with E-state index in [1.54, 1.807) is 0 Å². The van der Waals surface area contributed by atoms with Crippen LogP contribution < -0.4 is 0 Å². The molecule has 0 N–H and O–H groups in total. The summed E-state index contributed by atoms with van der Waals surface area (Å²) in [7, 11) is 0. The molecule has 1 saturated heterocycles. The topological polar surface area (TPSA) is 64.2 Å². The number of rotatable bonds is 4. The van der Waals surface area contributed by atoms with Gasteiger partial charge in [0, 0.05) is 18.7 Å². The van der Waals surface area contributed by atoms with Crippen LogP contribution in [0.1, 0.15) is 66.4 Å². The molecule has 6 nitrogen and oxygen atoms in total. The summed E-state index contributed by atoms with van der Waals surface area (Å²) >= 11 is 0. The van der Waals surface area contributed by atoms with Crippen LogP contribution >= 0.6 is 0 Å². The molecule has 2 aromatic rings. The minimum atomic E-state index is 0.0472. The lowest BCUT2D eigenvalue weighted by molar-refractivity contribution is 0.0580. The fourth-order valence-electron chi connectivity index (χ4n) is 3.43. The smallest absolute Gasteiger partial charge is 0.259 e. The monoisotopic (exact) mass is 330 g/mol. The van der Waals surface area contributed by atoms with Gasteiger partial charge in [0.05, 0.1) is 24.5 Å². The van der Waals surface area contributed by atoms with Gasteiger partial charge in [-0.2, -0.15) is 5.10 Å². The van der Waals surface area contributed by atoms with Crippen molar-refractivity contribution in [3.05, 3.63) is 35.0 Å². The minimum Gasteiger partial charge on any atom is -0.360 e. The summed E-state index contributed by atoms with van der Waals surface area (Å²) in [6, 6.07) is 0.167. The minimum absolute atomic E-state index is 0.0472. The van der Waals surface area contributed by atoms with Gasteiger partial charge in [-0.3, -0.25) is 9.48 Å². The summed E-state index contributed by atoms with van der Waals surface area (Å²) in [5, 5.41) is 8.40. The number of nitrogens with zero attached hydrogens (tertiary/aromatic N) is 4. The van der Waals surface area contributed by atoms with E-state index in [0.717, 1.165) is 37.9 Å². The average molecular weight is 330 g/mol. The highest BCUT2D eigenvalue weighted by Gasteiger charge is 2.32. The Kier molecular flexibility index (Phi) is 4.73. The Bertz CT molecular complexity index is 716. The maximum Gasteiger partial charge on any atom is 0.259 e. The molecule has 1 amide bonds. The summed E-state index contributed by atoms with van der Waals surface area (Å²) < 4.78 is 7.35. The zero-order valence-corrected chi connectivity index (χ0v) is 15.0. The van der Waals surface area contributed by atoms with Gasteiger partial charge in [0.1, 0.15) is 5.56 Å². The van der Waals surface area contributed by atoms with Crippen LogP contribution in [0.15, 0.2) is 16.9 Å². The first-order valence-electron chi connectivity index (χ1n) is 8.73. The van der Waals surface area contributed by atoms with Crippen molar-refractivity contribution in [2.24, 2.45) is 0 Å². The second-order valence-electron chi connectivity index (χ2n) is 7.05. The number of likely N-dealkylation sites (tertiary alicyclic amines) is 1. The fraction of sp³-hybridized carbons (Fsp3) is 0.611. The summed E-state index contributed by atoms with van der Waals surface area (Å²) in [6.45, 7) is 9.45. The van der Waals surface area contributed by atoms with E-state index in [4.69, 9.17) is 4.52 Å². The van der Waals surface area contributed by atoms with Crippen molar-refractivity contribution in [2.45, 2.75) is 65.5 Å². The highest BCUT2D eigenvalue weighted by atomic mass is 16.5. The van der Waals surface area contributed by atoms with E-state index < -0.39 is 0 Å².